The normalized spacial score (nSPS) is 22.5. The topological polar surface area (TPSA) is 67.2 Å². The monoisotopic (exact) mass is 237 g/mol. The molecule has 1 saturated carbocycles. The van der Waals surface area contributed by atoms with Crippen LogP contribution in [0.15, 0.2) is 0 Å². The molecule has 0 radical (unpaired) electrons. The maximum Gasteiger partial charge on any atom is 0.341 e. The third-order valence-corrected chi connectivity index (χ3v) is 3.34. The van der Waals surface area contributed by atoms with Crippen molar-refractivity contribution >= 4 is 11.8 Å². The molecule has 94 valence electrons. The Kier molecular flexibility index (Phi) is 3.09. The lowest BCUT2D eigenvalue weighted by atomic mass is 10.2. The molecule has 1 aromatic rings. The highest BCUT2D eigenvalue weighted by molar-refractivity contribution is 5.94. The number of aromatic nitrogens is 2. The van der Waals surface area contributed by atoms with E-state index in [0.29, 0.717) is 29.0 Å². The quantitative estimate of drug-likeness (QED) is 0.822. The zero-order chi connectivity index (χ0) is 12.6. The Morgan fingerprint density at radius 1 is 1.65 bits per heavy atom. The molecule has 1 aliphatic carbocycles. The van der Waals surface area contributed by atoms with Gasteiger partial charge >= 0.3 is 5.97 Å². The Labute approximate surface area is 101 Å². The lowest BCUT2D eigenvalue weighted by Crippen LogP contribution is -2.12. The van der Waals surface area contributed by atoms with Gasteiger partial charge in [0.1, 0.15) is 11.4 Å². The highest BCUT2D eigenvalue weighted by atomic mass is 16.4. The van der Waals surface area contributed by atoms with E-state index in [-0.39, 0.29) is 0 Å². The molecule has 0 aliphatic heterocycles. The lowest BCUT2D eigenvalue weighted by molar-refractivity contribution is 0.0697. The molecular weight excluding hydrogens is 218 g/mol. The van der Waals surface area contributed by atoms with Crippen LogP contribution in [0.25, 0.3) is 0 Å². The Morgan fingerprint density at radius 3 is 2.94 bits per heavy atom. The van der Waals surface area contributed by atoms with E-state index >= 15 is 0 Å². The summed E-state index contributed by atoms with van der Waals surface area (Å²) >= 11 is 0. The van der Waals surface area contributed by atoms with E-state index in [1.54, 1.807) is 18.7 Å². The van der Waals surface area contributed by atoms with Crippen LogP contribution in [0.2, 0.25) is 0 Å². The number of carboxylic acids is 1. The standard InChI is InChI=1S/C12H19N3O2/c1-4-5-8-6-9(8)13-11-10(12(16)17)7(2)14-15(11)3/h8-9,13H,4-6H2,1-3H3,(H,16,17). The summed E-state index contributed by atoms with van der Waals surface area (Å²) in [5, 5.41) is 16.6. The van der Waals surface area contributed by atoms with Crippen LogP contribution in [0.5, 0.6) is 0 Å². The molecule has 5 heteroatoms. The Bertz CT molecular complexity index is 439. The van der Waals surface area contributed by atoms with Crippen molar-refractivity contribution in [2.75, 3.05) is 5.32 Å². The number of carbonyl (C=O) groups is 1. The minimum atomic E-state index is -0.911. The summed E-state index contributed by atoms with van der Waals surface area (Å²) in [5.74, 6) is 0.418. The summed E-state index contributed by atoms with van der Waals surface area (Å²) in [7, 11) is 1.78. The lowest BCUT2D eigenvalue weighted by Gasteiger charge is -2.07. The first-order valence-corrected chi connectivity index (χ1v) is 6.08. The highest BCUT2D eigenvalue weighted by Gasteiger charge is 2.37. The smallest absolute Gasteiger partial charge is 0.341 e. The summed E-state index contributed by atoms with van der Waals surface area (Å²) in [4.78, 5) is 11.2. The molecule has 17 heavy (non-hydrogen) atoms. The van der Waals surface area contributed by atoms with Gasteiger partial charge in [-0.3, -0.25) is 4.68 Å². The van der Waals surface area contributed by atoms with Crippen LogP contribution in [-0.4, -0.2) is 26.9 Å². The van der Waals surface area contributed by atoms with Crippen LogP contribution in [0.1, 0.15) is 42.2 Å². The zero-order valence-electron chi connectivity index (χ0n) is 10.5. The van der Waals surface area contributed by atoms with Crippen LogP contribution in [0, 0.1) is 12.8 Å². The fourth-order valence-corrected chi connectivity index (χ4v) is 2.37. The van der Waals surface area contributed by atoms with Gasteiger partial charge in [-0.15, -0.1) is 0 Å². The second-order valence-electron chi connectivity index (χ2n) is 4.77. The molecule has 2 rings (SSSR count). The molecule has 0 aromatic carbocycles. The van der Waals surface area contributed by atoms with Crippen molar-refractivity contribution in [1.29, 1.82) is 0 Å². The molecule has 2 atom stereocenters. The average Bonchev–Trinajstić information content (AvgIpc) is 2.88. The number of hydrogen-bond acceptors (Lipinski definition) is 3. The Hall–Kier alpha value is -1.52. The first-order valence-electron chi connectivity index (χ1n) is 6.08. The number of rotatable bonds is 5. The second kappa shape index (κ2) is 4.39. The Morgan fingerprint density at radius 2 is 2.35 bits per heavy atom. The summed E-state index contributed by atoms with van der Waals surface area (Å²) in [6, 6.07) is 0.419. The molecular formula is C12H19N3O2. The van der Waals surface area contributed by atoms with E-state index in [4.69, 9.17) is 5.11 Å². The summed E-state index contributed by atoms with van der Waals surface area (Å²) < 4.78 is 1.63. The van der Waals surface area contributed by atoms with E-state index < -0.39 is 5.97 Å². The predicted molar refractivity (Wildman–Crippen MR) is 65.3 cm³/mol. The highest BCUT2D eigenvalue weighted by Crippen LogP contribution is 2.38. The summed E-state index contributed by atoms with van der Waals surface area (Å²) in [6.07, 6.45) is 3.52. The van der Waals surface area contributed by atoms with Gasteiger partial charge in [-0.05, 0) is 25.7 Å². The van der Waals surface area contributed by atoms with Crippen LogP contribution < -0.4 is 5.32 Å². The van der Waals surface area contributed by atoms with Gasteiger partial charge in [-0.1, -0.05) is 13.3 Å². The van der Waals surface area contributed by atoms with Gasteiger partial charge in [-0.25, -0.2) is 4.79 Å². The molecule has 2 N–H and O–H groups in total. The van der Waals surface area contributed by atoms with E-state index in [2.05, 4.69) is 17.3 Å². The van der Waals surface area contributed by atoms with Crippen molar-refractivity contribution in [3.63, 3.8) is 0 Å². The third-order valence-electron chi connectivity index (χ3n) is 3.34. The van der Waals surface area contributed by atoms with Gasteiger partial charge in [0, 0.05) is 13.1 Å². The molecule has 0 saturated heterocycles. The van der Waals surface area contributed by atoms with Gasteiger partial charge in [-0.2, -0.15) is 5.10 Å². The fourth-order valence-electron chi connectivity index (χ4n) is 2.37. The Balaban J connectivity index is 2.13. The molecule has 1 heterocycles. The molecule has 1 aromatic heterocycles. The molecule has 0 bridgehead atoms. The van der Waals surface area contributed by atoms with Crippen molar-refractivity contribution in [2.45, 2.75) is 39.2 Å². The second-order valence-corrected chi connectivity index (χ2v) is 4.77. The first-order chi connectivity index (χ1) is 8.04. The molecule has 2 unspecified atom stereocenters. The molecule has 5 nitrogen and oxygen atoms in total. The van der Waals surface area contributed by atoms with E-state index in [0.717, 1.165) is 6.42 Å². The minimum Gasteiger partial charge on any atom is -0.477 e. The van der Waals surface area contributed by atoms with Crippen molar-refractivity contribution in [3.8, 4) is 0 Å². The van der Waals surface area contributed by atoms with Crippen molar-refractivity contribution in [1.82, 2.24) is 9.78 Å². The minimum absolute atomic E-state index is 0.301. The largest absolute Gasteiger partial charge is 0.477 e. The van der Waals surface area contributed by atoms with Gasteiger partial charge in [0.05, 0.1) is 5.69 Å². The van der Waals surface area contributed by atoms with Crippen LogP contribution in [-0.2, 0) is 7.05 Å². The van der Waals surface area contributed by atoms with Crippen LogP contribution >= 0.6 is 0 Å². The number of nitrogens with one attached hydrogen (secondary N) is 1. The number of nitrogens with zero attached hydrogens (tertiary/aromatic N) is 2. The van der Waals surface area contributed by atoms with Crippen molar-refractivity contribution in [2.24, 2.45) is 13.0 Å². The number of carboxylic acid groups (broad SMARTS) is 1. The summed E-state index contributed by atoms with van der Waals surface area (Å²) in [5.41, 5.74) is 0.866. The number of aryl methyl sites for hydroxylation is 2. The number of aromatic carboxylic acids is 1. The molecule has 1 aliphatic rings. The van der Waals surface area contributed by atoms with Gasteiger partial charge in [0.25, 0.3) is 0 Å². The zero-order valence-corrected chi connectivity index (χ0v) is 10.5. The third kappa shape index (κ3) is 2.28. The van der Waals surface area contributed by atoms with Gasteiger partial charge < -0.3 is 10.4 Å². The van der Waals surface area contributed by atoms with E-state index in [1.807, 2.05) is 0 Å². The SMILES string of the molecule is CCCC1CC1Nc1c(C(=O)O)c(C)nn1C. The van der Waals surface area contributed by atoms with Crippen LogP contribution in [0.4, 0.5) is 5.82 Å². The number of hydrogen-bond donors (Lipinski definition) is 2. The van der Waals surface area contributed by atoms with Crippen molar-refractivity contribution < 1.29 is 9.90 Å². The average molecular weight is 237 g/mol. The fraction of sp³-hybridized carbons (Fsp3) is 0.667. The first kappa shape index (κ1) is 12.0. The molecule has 0 spiro atoms. The van der Waals surface area contributed by atoms with Crippen molar-refractivity contribution in [3.05, 3.63) is 11.3 Å². The van der Waals surface area contributed by atoms with E-state index in [1.165, 1.54) is 12.8 Å². The van der Waals surface area contributed by atoms with Gasteiger partial charge in [0.2, 0.25) is 0 Å². The summed E-state index contributed by atoms with van der Waals surface area (Å²) in [6.45, 7) is 3.90. The molecule has 0 amide bonds. The molecule has 1 fully saturated rings. The number of anilines is 1. The maximum absolute atomic E-state index is 11.2. The van der Waals surface area contributed by atoms with Crippen LogP contribution in [0.3, 0.4) is 0 Å². The van der Waals surface area contributed by atoms with E-state index in [9.17, 15) is 4.79 Å². The maximum atomic E-state index is 11.2. The van der Waals surface area contributed by atoms with Gasteiger partial charge in [0.15, 0.2) is 0 Å². The predicted octanol–water partition coefficient (Wildman–Crippen LogP) is 2.03.